The van der Waals surface area contributed by atoms with Crippen molar-refractivity contribution in [1.82, 2.24) is 0 Å². The Hall–Kier alpha value is -5.05. The lowest BCUT2D eigenvalue weighted by molar-refractivity contribution is 0.482. The van der Waals surface area contributed by atoms with Gasteiger partial charge >= 0.3 is 0 Å². The van der Waals surface area contributed by atoms with Crippen LogP contribution in [0.3, 0.4) is 0 Å². The molecule has 0 atom stereocenters. The molecule has 0 aliphatic carbocycles. The van der Waals surface area contributed by atoms with Crippen molar-refractivity contribution in [2.45, 2.75) is 0 Å². The second-order valence-corrected chi connectivity index (χ2v) is 12.1. The largest absolute Gasteiger partial charge is 0.457 e. The second kappa shape index (κ2) is 12.0. The molecule has 0 bridgehead atoms. The predicted octanol–water partition coefficient (Wildman–Crippen LogP) is 8.70. The van der Waals surface area contributed by atoms with E-state index in [4.69, 9.17) is 14.2 Å². The van der Waals surface area contributed by atoms with Crippen LogP contribution in [0.25, 0.3) is 0 Å². The highest BCUT2D eigenvalue weighted by atomic mass is 31.2. The summed E-state index contributed by atoms with van der Waals surface area (Å²) < 4.78 is 33.0. The highest BCUT2D eigenvalue weighted by Gasteiger charge is 2.30. The summed E-state index contributed by atoms with van der Waals surface area (Å²) in [5, 5.41) is 2.10. The molecule has 0 amide bonds. The molecule has 41 heavy (non-hydrogen) atoms. The number of hydrogen-bond donors (Lipinski definition) is 0. The molecule has 0 spiro atoms. The van der Waals surface area contributed by atoms with Crippen LogP contribution in [0.5, 0.6) is 34.5 Å². The van der Waals surface area contributed by atoms with Gasteiger partial charge in [-0.3, -0.25) is 0 Å². The first-order valence-electron chi connectivity index (χ1n) is 13.3. The van der Waals surface area contributed by atoms with Crippen molar-refractivity contribution >= 4 is 23.1 Å². The summed E-state index contributed by atoms with van der Waals surface area (Å²) >= 11 is 0. The van der Waals surface area contributed by atoms with Gasteiger partial charge in [-0.2, -0.15) is 0 Å². The van der Waals surface area contributed by atoms with E-state index >= 15 is 4.57 Å². The summed E-state index contributed by atoms with van der Waals surface area (Å²) in [6.07, 6.45) is 0. The second-order valence-electron chi connectivity index (χ2n) is 9.34. The SMILES string of the molecule is O=P(c1ccc(Oc2ccccc2)cc1)(c1ccc(Oc2ccccc2)cc1)c1ccc(Oc2ccccc2)cc1. The minimum atomic E-state index is -3.25. The van der Waals surface area contributed by atoms with Gasteiger partial charge in [0, 0.05) is 15.9 Å². The van der Waals surface area contributed by atoms with E-state index in [1.807, 2.05) is 164 Å². The van der Waals surface area contributed by atoms with Crippen molar-refractivity contribution in [3.8, 4) is 34.5 Å². The van der Waals surface area contributed by atoms with E-state index in [0.717, 1.165) is 17.2 Å². The van der Waals surface area contributed by atoms with Crippen LogP contribution in [0.4, 0.5) is 0 Å². The molecule has 0 radical (unpaired) electrons. The lowest BCUT2D eigenvalue weighted by atomic mass is 10.3. The summed E-state index contributed by atoms with van der Waals surface area (Å²) in [5.74, 6) is 4.24. The van der Waals surface area contributed by atoms with E-state index in [1.54, 1.807) is 0 Å². The molecule has 6 aromatic carbocycles. The fraction of sp³-hybridized carbons (Fsp3) is 0. The van der Waals surface area contributed by atoms with Gasteiger partial charge in [-0.05, 0) is 109 Å². The van der Waals surface area contributed by atoms with Crippen molar-refractivity contribution in [3.05, 3.63) is 164 Å². The first kappa shape index (κ1) is 26.2. The maximum atomic E-state index is 15.1. The summed E-state index contributed by atoms with van der Waals surface area (Å²) in [6, 6.07) is 51.2. The Kier molecular flexibility index (Phi) is 7.66. The molecular weight excluding hydrogens is 527 g/mol. The van der Waals surface area contributed by atoms with Gasteiger partial charge in [0.2, 0.25) is 0 Å². The van der Waals surface area contributed by atoms with Gasteiger partial charge in [-0.25, -0.2) is 0 Å². The first-order valence-corrected chi connectivity index (χ1v) is 15.0. The fourth-order valence-corrected chi connectivity index (χ4v) is 7.09. The van der Waals surface area contributed by atoms with E-state index in [0.29, 0.717) is 33.2 Å². The maximum absolute atomic E-state index is 15.1. The highest BCUT2D eigenvalue weighted by molar-refractivity contribution is 7.85. The lowest BCUT2D eigenvalue weighted by Gasteiger charge is -2.21. The third-order valence-electron chi connectivity index (χ3n) is 6.54. The smallest absolute Gasteiger partial charge is 0.171 e. The molecule has 0 fully saturated rings. The van der Waals surface area contributed by atoms with Gasteiger partial charge in [0.1, 0.15) is 34.5 Å². The average molecular weight is 555 g/mol. The van der Waals surface area contributed by atoms with Gasteiger partial charge in [-0.15, -0.1) is 0 Å². The van der Waals surface area contributed by atoms with E-state index in [2.05, 4.69) is 0 Å². The van der Waals surface area contributed by atoms with Crippen molar-refractivity contribution in [2.24, 2.45) is 0 Å². The molecule has 4 nitrogen and oxygen atoms in total. The quantitative estimate of drug-likeness (QED) is 0.168. The maximum Gasteiger partial charge on any atom is 0.171 e. The normalized spacial score (nSPS) is 11.0. The monoisotopic (exact) mass is 554 g/mol. The molecule has 5 heteroatoms. The Morgan fingerprint density at radius 1 is 0.293 bits per heavy atom. The first-order chi connectivity index (χ1) is 20.2. The molecule has 0 N–H and O–H groups in total. The van der Waals surface area contributed by atoms with Crippen molar-refractivity contribution in [1.29, 1.82) is 0 Å². The van der Waals surface area contributed by atoms with Crippen molar-refractivity contribution in [3.63, 3.8) is 0 Å². The highest BCUT2D eigenvalue weighted by Crippen LogP contribution is 2.43. The van der Waals surface area contributed by atoms with Crippen LogP contribution in [0, 0.1) is 0 Å². The molecule has 0 aromatic heterocycles. The topological polar surface area (TPSA) is 44.8 Å². The average Bonchev–Trinajstić information content (AvgIpc) is 3.03. The third-order valence-corrected chi connectivity index (χ3v) is 9.61. The Balaban J connectivity index is 1.33. The van der Waals surface area contributed by atoms with E-state index in [9.17, 15) is 0 Å². The predicted molar refractivity (Wildman–Crippen MR) is 165 cm³/mol. The molecule has 6 aromatic rings. The number of ether oxygens (including phenoxy) is 3. The molecule has 0 saturated heterocycles. The van der Waals surface area contributed by atoms with Gasteiger partial charge in [0.05, 0.1) is 0 Å². The Morgan fingerprint density at radius 2 is 0.512 bits per heavy atom. The van der Waals surface area contributed by atoms with Gasteiger partial charge in [-0.1, -0.05) is 54.6 Å². The summed E-state index contributed by atoms with van der Waals surface area (Å²) in [7, 11) is -3.25. The van der Waals surface area contributed by atoms with Gasteiger partial charge in [0.15, 0.2) is 7.14 Å². The third kappa shape index (κ3) is 6.09. The molecule has 0 saturated carbocycles. The summed E-state index contributed by atoms with van der Waals surface area (Å²) in [6.45, 7) is 0. The molecule has 0 aliphatic heterocycles. The Labute approximate surface area is 239 Å². The summed E-state index contributed by atoms with van der Waals surface area (Å²) in [4.78, 5) is 0. The Bertz CT molecular complexity index is 1520. The number of rotatable bonds is 9. The molecular formula is C36H27O4P. The number of hydrogen-bond acceptors (Lipinski definition) is 4. The summed E-state index contributed by atoms with van der Waals surface area (Å²) in [5.41, 5.74) is 0. The zero-order valence-electron chi connectivity index (χ0n) is 22.2. The van der Waals surface area contributed by atoms with Crippen LogP contribution in [0.2, 0.25) is 0 Å². The van der Waals surface area contributed by atoms with Crippen LogP contribution in [-0.4, -0.2) is 0 Å². The lowest BCUT2D eigenvalue weighted by Crippen LogP contribution is -2.25. The van der Waals surface area contributed by atoms with E-state index < -0.39 is 7.14 Å². The fourth-order valence-electron chi connectivity index (χ4n) is 4.49. The van der Waals surface area contributed by atoms with Crippen LogP contribution in [0.15, 0.2) is 164 Å². The molecule has 0 aliphatic rings. The molecule has 200 valence electrons. The van der Waals surface area contributed by atoms with Crippen LogP contribution < -0.4 is 30.1 Å². The van der Waals surface area contributed by atoms with Gasteiger partial charge < -0.3 is 18.8 Å². The van der Waals surface area contributed by atoms with Crippen molar-refractivity contribution in [2.75, 3.05) is 0 Å². The zero-order chi connectivity index (χ0) is 27.9. The van der Waals surface area contributed by atoms with Gasteiger partial charge in [0.25, 0.3) is 0 Å². The molecule has 6 rings (SSSR count). The van der Waals surface area contributed by atoms with Crippen LogP contribution in [0.1, 0.15) is 0 Å². The molecule has 0 unspecified atom stereocenters. The Morgan fingerprint density at radius 3 is 0.756 bits per heavy atom. The van der Waals surface area contributed by atoms with Crippen LogP contribution in [-0.2, 0) is 4.57 Å². The minimum Gasteiger partial charge on any atom is -0.457 e. The van der Waals surface area contributed by atoms with Crippen LogP contribution >= 0.6 is 7.14 Å². The number of para-hydroxylation sites is 3. The molecule has 0 heterocycles. The van der Waals surface area contributed by atoms with Crippen molar-refractivity contribution < 1.29 is 18.8 Å². The standard InChI is InChI=1S/C36H27O4P/c37-41(34-22-16-31(17-23-34)38-28-10-4-1-5-11-28,35-24-18-32(19-25-35)39-29-12-6-2-7-13-29)36-26-20-33(21-27-36)40-30-14-8-3-9-15-30/h1-27H. The zero-order valence-corrected chi connectivity index (χ0v) is 23.1. The van der Waals surface area contributed by atoms with E-state index in [-0.39, 0.29) is 0 Å². The minimum absolute atomic E-state index is 0.671. The number of benzene rings is 6. The van der Waals surface area contributed by atoms with E-state index in [1.165, 1.54) is 0 Å².